The Bertz CT molecular complexity index is 1060. The molecule has 0 aliphatic heterocycles. The van der Waals surface area contributed by atoms with Crippen LogP contribution < -0.4 is 10.6 Å². The molecule has 2 amide bonds. The van der Waals surface area contributed by atoms with Gasteiger partial charge in [0.25, 0.3) is 11.8 Å². The number of fused-ring (bicyclic) bond motifs is 1. The molecule has 3 aromatic rings. The van der Waals surface area contributed by atoms with E-state index in [-0.39, 0.29) is 17.0 Å². The molecule has 0 saturated heterocycles. The van der Waals surface area contributed by atoms with E-state index in [1.807, 2.05) is 0 Å². The Morgan fingerprint density at radius 1 is 1.11 bits per heavy atom. The molecular weight excluding hydrogens is 397 g/mol. The Hall–Kier alpha value is -3.00. The van der Waals surface area contributed by atoms with Crippen molar-refractivity contribution in [2.75, 3.05) is 11.9 Å². The number of para-hydroxylation sites is 1. The van der Waals surface area contributed by atoms with Crippen molar-refractivity contribution >= 4 is 40.1 Å². The van der Waals surface area contributed by atoms with E-state index in [0.717, 1.165) is 0 Å². The number of alkyl halides is 3. The van der Waals surface area contributed by atoms with Crippen molar-refractivity contribution in [1.82, 2.24) is 5.32 Å². The molecule has 0 saturated carbocycles. The second-order valence-electron chi connectivity index (χ2n) is 5.99. The van der Waals surface area contributed by atoms with Gasteiger partial charge in [0.15, 0.2) is 5.76 Å². The fourth-order valence-electron chi connectivity index (χ4n) is 2.65. The van der Waals surface area contributed by atoms with Crippen LogP contribution in [-0.2, 0) is 0 Å². The van der Waals surface area contributed by atoms with Crippen molar-refractivity contribution in [1.29, 1.82) is 0 Å². The van der Waals surface area contributed by atoms with Gasteiger partial charge in [-0.15, -0.1) is 0 Å². The van der Waals surface area contributed by atoms with E-state index in [1.165, 1.54) is 18.2 Å². The van der Waals surface area contributed by atoms with Crippen LogP contribution in [0.3, 0.4) is 0 Å². The first-order valence-electron chi connectivity index (χ1n) is 8.09. The molecule has 0 fully saturated rings. The van der Waals surface area contributed by atoms with Crippen LogP contribution in [0, 0.1) is 6.92 Å². The highest BCUT2D eigenvalue weighted by atomic mass is 35.5. The van der Waals surface area contributed by atoms with Crippen LogP contribution in [0.5, 0.6) is 0 Å². The van der Waals surface area contributed by atoms with Gasteiger partial charge in [-0.05, 0) is 37.3 Å². The molecule has 28 heavy (non-hydrogen) atoms. The molecule has 0 radical (unpaired) electrons. The number of halogens is 4. The number of benzene rings is 2. The Kier molecular flexibility index (Phi) is 5.33. The number of furan rings is 1. The molecule has 0 bridgehead atoms. The molecule has 3 rings (SSSR count). The summed E-state index contributed by atoms with van der Waals surface area (Å²) in [5.41, 5.74) is 0.972. The summed E-state index contributed by atoms with van der Waals surface area (Å²) in [7, 11) is 0. The number of nitrogens with one attached hydrogen (secondary N) is 2. The van der Waals surface area contributed by atoms with E-state index < -0.39 is 24.5 Å². The molecule has 146 valence electrons. The second-order valence-corrected chi connectivity index (χ2v) is 6.43. The SMILES string of the molecule is Cc1c(C(=O)Nc2ccccc2C(=O)NCC(F)(F)F)oc2ccc(Cl)cc12. The van der Waals surface area contributed by atoms with Crippen molar-refractivity contribution in [3.8, 4) is 0 Å². The first-order chi connectivity index (χ1) is 13.2. The smallest absolute Gasteiger partial charge is 0.405 e. The molecule has 0 aliphatic carbocycles. The van der Waals surface area contributed by atoms with E-state index >= 15 is 0 Å². The molecule has 2 aromatic carbocycles. The van der Waals surface area contributed by atoms with Crippen LogP contribution in [0.1, 0.15) is 26.5 Å². The minimum Gasteiger partial charge on any atom is -0.451 e. The van der Waals surface area contributed by atoms with Gasteiger partial charge < -0.3 is 15.1 Å². The van der Waals surface area contributed by atoms with Crippen LogP contribution in [0.2, 0.25) is 5.02 Å². The Balaban J connectivity index is 1.85. The maximum Gasteiger partial charge on any atom is 0.405 e. The summed E-state index contributed by atoms with van der Waals surface area (Å²) in [6, 6.07) is 10.6. The summed E-state index contributed by atoms with van der Waals surface area (Å²) < 4.78 is 42.6. The third kappa shape index (κ3) is 4.28. The predicted octanol–water partition coefficient (Wildman–Crippen LogP) is 4.94. The van der Waals surface area contributed by atoms with E-state index in [1.54, 1.807) is 36.5 Å². The summed E-state index contributed by atoms with van der Waals surface area (Å²) in [5.74, 6) is -1.58. The number of hydrogen-bond donors (Lipinski definition) is 2. The van der Waals surface area contributed by atoms with Gasteiger partial charge in [-0.2, -0.15) is 13.2 Å². The summed E-state index contributed by atoms with van der Waals surface area (Å²) in [6.45, 7) is 0.205. The lowest BCUT2D eigenvalue weighted by Gasteiger charge is -2.12. The highest BCUT2D eigenvalue weighted by molar-refractivity contribution is 6.31. The first kappa shape index (κ1) is 19.8. The van der Waals surface area contributed by atoms with Crippen LogP contribution in [0.25, 0.3) is 11.0 Å². The topological polar surface area (TPSA) is 71.3 Å². The lowest BCUT2D eigenvalue weighted by Crippen LogP contribution is -2.34. The fourth-order valence-corrected chi connectivity index (χ4v) is 2.83. The van der Waals surface area contributed by atoms with Gasteiger partial charge in [-0.25, -0.2) is 0 Å². The van der Waals surface area contributed by atoms with Crippen molar-refractivity contribution in [2.24, 2.45) is 0 Å². The summed E-state index contributed by atoms with van der Waals surface area (Å²) >= 11 is 5.96. The molecule has 9 heteroatoms. The molecule has 2 N–H and O–H groups in total. The minimum atomic E-state index is -4.54. The third-order valence-corrected chi connectivity index (χ3v) is 4.21. The van der Waals surface area contributed by atoms with Crippen LogP contribution in [0.15, 0.2) is 46.9 Å². The van der Waals surface area contributed by atoms with E-state index in [0.29, 0.717) is 21.6 Å². The average Bonchev–Trinajstić information content (AvgIpc) is 2.96. The maximum atomic E-state index is 12.6. The van der Waals surface area contributed by atoms with Gasteiger partial charge in [-0.3, -0.25) is 9.59 Å². The summed E-state index contributed by atoms with van der Waals surface area (Å²) in [5, 5.41) is 5.43. The largest absolute Gasteiger partial charge is 0.451 e. The number of aryl methyl sites for hydroxylation is 1. The van der Waals surface area contributed by atoms with E-state index in [2.05, 4.69) is 5.32 Å². The van der Waals surface area contributed by atoms with Crippen LogP contribution in [-0.4, -0.2) is 24.5 Å². The highest BCUT2D eigenvalue weighted by Crippen LogP contribution is 2.28. The minimum absolute atomic E-state index is 0.0165. The van der Waals surface area contributed by atoms with Gasteiger partial charge in [0.1, 0.15) is 12.1 Å². The third-order valence-electron chi connectivity index (χ3n) is 3.97. The van der Waals surface area contributed by atoms with Crippen LogP contribution in [0.4, 0.5) is 18.9 Å². The number of rotatable bonds is 4. The number of anilines is 1. The number of hydrogen-bond acceptors (Lipinski definition) is 3. The fraction of sp³-hybridized carbons (Fsp3) is 0.158. The molecule has 0 aliphatic rings. The summed E-state index contributed by atoms with van der Waals surface area (Å²) in [4.78, 5) is 24.7. The molecular formula is C19H14ClF3N2O3. The number of carbonyl (C=O) groups is 2. The van der Waals surface area contributed by atoms with Gasteiger partial charge in [0.05, 0.1) is 11.3 Å². The number of amides is 2. The molecule has 0 unspecified atom stereocenters. The zero-order chi connectivity index (χ0) is 20.5. The van der Waals surface area contributed by atoms with Crippen LogP contribution >= 0.6 is 11.6 Å². The average molecular weight is 411 g/mol. The van der Waals surface area contributed by atoms with Crippen molar-refractivity contribution in [3.63, 3.8) is 0 Å². The molecule has 5 nitrogen and oxygen atoms in total. The Morgan fingerprint density at radius 2 is 1.82 bits per heavy atom. The second kappa shape index (κ2) is 7.55. The van der Waals surface area contributed by atoms with Crippen molar-refractivity contribution < 1.29 is 27.2 Å². The maximum absolute atomic E-state index is 12.6. The van der Waals surface area contributed by atoms with Crippen molar-refractivity contribution in [3.05, 3.63) is 64.4 Å². The molecule has 0 spiro atoms. The van der Waals surface area contributed by atoms with Gasteiger partial charge in [-0.1, -0.05) is 23.7 Å². The van der Waals surface area contributed by atoms with E-state index in [4.69, 9.17) is 16.0 Å². The molecule has 1 heterocycles. The standard InChI is InChI=1S/C19H14ClF3N2O3/c1-10-13-8-11(20)6-7-15(13)28-16(10)18(27)25-14-5-3-2-4-12(14)17(26)24-9-19(21,22)23/h2-8H,9H2,1H3,(H,24,26)(H,25,27). The quantitative estimate of drug-likeness (QED) is 0.640. The lowest BCUT2D eigenvalue weighted by molar-refractivity contribution is -0.123. The zero-order valence-electron chi connectivity index (χ0n) is 14.5. The highest BCUT2D eigenvalue weighted by Gasteiger charge is 2.28. The molecule has 1 aromatic heterocycles. The van der Waals surface area contributed by atoms with E-state index in [9.17, 15) is 22.8 Å². The summed E-state index contributed by atoms with van der Waals surface area (Å²) in [6.07, 6.45) is -4.54. The normalized spacial score (nSPS) is 11.5. The predicted molar refractivity (Wildman–Crippen MR) is 98.7 cm³/mol. The molecule has 0 atom stereocenters. The monoisotopic (exact) mass is 410 g/mol. The first-order valence-corrected chi connectivity index (χ1v) is 8.47. The number of carbonyl (C=O) groups excluding carboxylic acids is 2. The van der Waals surface area contributed by atoms with Gasteiger partial charge >= 0.3 is 6.18 Å². The Labute approximate surface area is 162 Å². The van der Waals surface area contributed by atoms with Gasteiger partial charge in [0, 0.05) is 16.0 Å². The van der Waals surface area contributed by atoms with Crippen molar-refractivity contribution in [2.45, 2.75) is 13.1 Å². The lowest BCUT2D eigenvalue weighted by atomic mass is 10.1. The Morgan fingerprint density at radius 3 is 2.54 bits per heavy atom. The zero-order valence-corrected chi connectivity index (χ0v) is 15.2. The van der Waals surface area contributed by atoms with Gasteiger partial charge in [0.2, 0.25) is 0 Å².